The van der Waals surface area contributed by atoms with Gasteiger partial charge in [0, 0.05) is 32.5 Å². The lowest BCUT2D eigenvalue weighted by molar-refractivity contribution is 0.206. The number of hydrazine groups is 1. The minimum absolute atomic E-state index is 0.425. The molecular weight excluding hydrogens is 194 g/mol. The summed E-state index contributed by atoms with van der Waals surface area (Å²) in [6, 6.07) is 1.90. The molecule has 0 saturated carbocycles. The van der Waals surface area contributed by atoms with E-state index in [9.17, 15) is 0 Å². The van der Waals surface area contributed by atoms with Crippen LogP contribution in [0.25, 0.3) is 0 Å². The van der Waals surface area contributed by atoms with Gasteiger partial charge in [-0.1, -0.05) is 0 Å². The number of nitrogens with two attached hydrogens (primary N) is 1. The fraction of sp³-hybridized carbons (Fsp3) is 0.556. The zero-order valence-electron chi connectivity index (χ0n) is 9.32. The maximum absolute atomic E-state index is 5.27. The third-order valence-corrected chi connectivity index (χ3v) is 1.99. The van der Waals surface area contributed by atoms with Gasteiger partial charge in [0.25, 0.3) is 0 Å². The van der Waals surface area contributed by atoms with Crippen LogP contribution in [-0.4, -0.2) is 37.3 Å². The van der Waals surface area contributed by atoms with Crippen molar-refractivity contribution in [1.29, 1.82) is 0 Å². The molecule has 1 aromatic rings. The summed E-state index contributed by atoms with van der Waals surface area (Å²) in [5, 5.41) is 0. The highest BCUT2D eigenvalue weighted by Crippen LogP contribution is 2.12. The molecule has 1 heterocycles. The van der Waals surface area contributed by atoms with Crippen molar-refractivity contribution in [2.75, 3.05) is 37.6 Å². The molecule has 0 amide bonds. The maximum Gasteiger partial charge on any atom is 0.239 e. The molecule has 6 nitrogen and oxygen atoms in total. The molecule has 15 heavy (non-hydrogen) atoms. The normalized spacial score (nSPS) is 10.1. The monoisotopic (exact) mass is 211 g/mol. The SMILES string of the molecule is COCCN(C)c1cc(C)nc(NN)n1. The molecule has 3 N–H and O–H groups in total. The molecular formula is C9H17N5O. The molecule has 84 valence electrons. The lowest BCUT2D eigenvalue weighted by Gasteiger charge is -2.18. The number of nitrogens with zero attached hydrogens (tertiary/aromatic N) is 3. The van der Waals surface area contributed by atoms with E-state index in [4.69, 9.17) is 10.6 Å². The number of anilines is 2. The Bertz CT molecular complexity index is 317. The second-order valence-corrected chi connectivity index (χ2v) is 3.25. The van der Waals surface area contributed by atoms with E-state index in [2.05, 4.69) is 15.4 Å². The number of methoxy groups -OCH3 is 1. The number of nitrogen functional groups attached to an aromatic ring is 1. The molecule has 0 fully saturated rings. The smallest absolute Gasteiger partial charge is 0.239 e. The molecule has 0 aliphatic carbocycles. The molecule has 0 atom stereocenters. The van der Waals surface area contributed by atoms with Crippen molar-refractivity contribution in [3.05, 3.63) is 11.8 Å². The van der Waals surface area contributed by atoms with Gasteiger partial charge in [0.2, 0.25) is 5.95 Å². The summed E-state index contributed by atoms with van der Waals surface area (Å²) in [6.07, 6.45) is 0. The van der Waals surface area contributed by atoms with Crippen LogP contribution in [0.3, 0.4) is 0 Å². The van der Waals surface area contributed by atoms with E-state index < -0.39 is 0 Å². The van der Waals surface area contributed by atoms with Gasteiger partial charge in [-0.05, 0) is 6.92 Å². The van der Waals surface area contributed by atoms with E-state index in [0.29, 0.717) is 12.6 Å². The summed E-state index contributed by atoms with van der Waals surface area (Å²) in [4.78, 5) is 10.3. The molecule has 0 saturated heterocycles. The minimum atomic E-state index is 0.425. The molecule has 0 aliphatic rings. The highest BCUT2D eigenvalue weighted by atomic mass is 16.5. The number of aryl methyl sites for hydroxylation is 1. The van der Waals surface area contributed by atoms with Crippen LogP contribution < -0.4 is 16.2 Å². The van der Waals surface area contributed by atoms with Crippen molar-refractivity contribution in [2.24, 2.45) is 5.84 Å². The molecule has 0 spiro atoms. The van der Waals surface area contributed by atoms with Gasteiger partial charge >= 0.3 is 0 Å². The van der Waals surface area contributed by atoms with Crippen LogP contribution in [-0.2, 0) is 4.74 Å². The third kappa shape index (κ3) is 3.34. The highest BCUT2D eigenvalue weighted by Gasteiger charge is 2.05. The van der Waals surface area contributed by atoms with Gasteiger partial charge in [-0.2, -0.15) is 4.98 Å². The van der Waals surface area contributed by atoms with Crippen LogP contribution in [0.15, 0.2) is 6.07 Å². The molecule has 1 aromatic heterocycles. The Kier molecular flexibility index (Phi) is 4.26. The topological polar surface area (TPSA) is 76.3 Å². The quantitative estimate of drug-likeness (QED) is 0.533. The lowest BCUT2D eigenvalue weighted by atomic mass is 10.4. The van der Waals surface area contributed by atoms with Gasteiger partial charge in [-0.15, -0.1) is 0 Å². The van der Waals surface area contributed by atoms with Crippen LogP contribution in [0, 0.1) is 6.92 Å². The predicted octanol–water partition coefficient (Wildman–Crippen LogP) is 0.153. The van der Waals surface area contributed by atoms with Crippen molar-refractivity contribution in [1.82, 2.24) is 9.97 Å². The standard InChI is InChI=1S/C9H17N5O/c1-7-6-8(12-9(11-7)13-10)14(2)4-5-15-3/h6H,4-5,10H2,1-3H3,(H,11,12,13). The molecule has 0 aromatic carbocycles. The molecule has 0 bridgehead atoms. The van der Waals surface area contributed by atoms with E-state index in [-0.39, 0.29) is 0 Å². The fourth-order valence-corrected chi connectivity index (χ4v) is 1.15. The van der Waals surface area contributed by atoms with Gasteiger partial charge in [0.05, 0.1) is 6.61 Å². The van der Waals surface area contributed by atoms with Crippen molar-refractivity contribution in [2.45, 2.75) is 6.92 Å². The van der Waals surface area contributed by atoms with Crippen LogP contribution in [0.5, 0.6) is 0 Å². The summed E-state index contributed by atoms with van der Waals surface area (Å²) < 4.78 is 5.00. The Morgan fingerprint density at radius 2 is 2.27 bits per heavy atom. The summed E-state index contributed by atoms with van der Waals surface area (Å²) in [6.45, 7) is 3.33. The molecule has 6 heteroatoms. The van der Waals surface area contributed by atoms with Crippen LogP contribution >= 0.6 is 0 Å². The summed E-state index contributed by atoms with van der Waals surface area (Å²) in [7, 11) is 3.62. The minimum Gasteiger partial charge on any atom is -0.383 e. The van der Waals surface area contributed by atoms with E-state index >= 15 is 0 Å². The summed E-state index contributed by atoms with van der Waals surface area (Å²) in [5.74, 6) is 6.52. The van der Waals surface area contributed by atoms with E-state index in [0.717, 1.165) is 18.1 Å². The van der Waals surface area contributed by atoms with Crippen LogP contribution in [0.2, 0.25) is 0 Å². The number of nitrogens with one attached hydrogen (secondary N) is 1. The van der Waals surface area contributed by atoms with Crippen LogP contribution in [0.4, 0.5) is 11.8 Å². The number of ether oxygens (including phenoxy) is 1. The van der Waals surface area contributed by atoms with Crippen LogP contribution in [0.1, 0.15) is 5.69 Å². The first-order valence-electron chi connectivity index (χ1n) is 4.69. The highest BCUT2D eigenvalue weighted by molar-refractivity contribution is 5.43. The number of aromatic nitrogens is 2. The van der Waals surface area contributed by atoms with Gasteiger partial charge < -0.3 is 9.64 Å². The number of hydrogen-bond acceptors (Lipinski definition) is 6. The van der Waals surface area contributed by atoms with E-state index in [1.165, 1.54) is 0 Å². The first-order valence-corrected chi connectivity index (χ1v) is 4.69. The zero-order chi connectivity index (χ0) is 11.3. The van der Waals surface area contributed by atoms with Crippen molar-refractivity contribution < 1.29 is 4.74 Å². The first kappa shape index (κ1) is 11.7. The molecule has 0 aliphatic heterocycles. The predicted molar refractivity (Wildman–Crippen MR) is 59.7 cm³/mol. The average molecular weight is 211 g/mol. The van der Waals surface area contributed by atoms with Gasteiger partial charge in [0.1, 0.15) is 5.82 Å². The number of likely N-dealkylation sites (N-methyl/N-ethyl adjacent to an activating group) is 1. The Hall–Kier alpha value is -1.40. The van der Waals surface area contributed by atoms with Gasteiger partial charge in [-0.25, -0.2) is 10.8 Å². The third-order valence-electron chi connectivity index (χ3n) is 1.99. The Balaban J connectivity index is 2.78. The Morgan fingerprint density at radius 3 is 2.87 bits per heavy atom. The number of rotatable bonds is 5. The van der Waals surface area contributed by atoms with Gasteiger partial charge in [0.15, 0.2) is 0 Å². The molecule has 1 rings (SSSR count). The summed E-state index contributed by atoms with van der Waals surface area (Å²) >= 11 is 0. The van der Waals surface area contributed by atoms with Crippen molar-refractivity contribution in [3.63, 3.8) is 0 Å². The van der Waals surface area contributed by atoms with E-state index in [1.807, 2.05) is 24.9 Å². The second kappa shape index (κ2) is 5.47. The Labute approximate surface area is 89.4 Å². The van der Waals surface area contributed by atoms with Crippen molar-refractivity contribution in [3.8, 4) is 0 Å². The first-order chi connectivity index (χ1) is 7.17. The zero-order valence-corrected chi connectivity index (χ0v) is 9.32. The fourth-order valence-electron chi connectivity index (χ4n) is 1.15. The molecule has 0 radical (unpaired) electrons. The average Bonchev–Trinajstić information content (AvgIpc) is 2.24. The van der Waals surface area contributed by atoms with E-state index in [1.54, 1.807) is 7.11 Å². The van der Waals surface area contributed by atoms with Crippen molar-refractivity contribution >= 4 is 11.8 Å². The second-order valence-electron chi connectivity index (χ2n) is 3.25. The maximum atomic E-state index is 5.27. The molecule has 0 unspecified atom stereocenters. The largest absolute Gasteiger partial charge is 0.383 e. The summed E-state index contributed by atoms with van der Waals surface area (Å²) in [5.41, 5.74) is 3.31. The van der Waals surface area contributed by atoms with Gasteiger partial charge in [-0.3, -0.25) is 5.43 Å². The lowest BCUT2D eigenvalue weighted by Crippen LogP contribution is -2.24. The Morgan fingerprint density at radius 1 is 1.53 bits per heavy atom. The number of hydrogen-bond donors (Lipinski definition) is 2.